The fourth-order valence-corrected chi connectivity index (χ4v) is 1.35. The number of anilines is 1. The standard InChI is InChI=1S/C13H19NO3/c1-3-5-8-17-13(15)10-6-7-12(16-4-2)11(14)9-10/h6-7,9H,3-5,8,14H2,1-2H3. The number of unbranched alkanes of at least 4 members (excludes halogenated alkanes) is 1. The summed E-state index contributed by atoms with van der Waals surface area (Å²) in [6.45, 7) is 4.92. The molecule has 4 nitrogen and oxygen atoms in total. The molecule has 4 heteroatoms. The van der Waals surface area contributed by atoms with Crippen molar-refractivity contribution in [2.75, 3.05) is 18.9 Å². The van der Waals surface area contributed by atoms with Crippen LogP contribution in [0.3, 0.4) is 0 Å². The van der Waals surface area contributed by atoms with Crippen LogP contribution < -0.4 is 10.5 Å². The van der Waals surface area contributed by atoms with Crippen LogP contribution in [0.4, 0.5) is 5.69 Å². The second-order valence-corrected chi connectivity index (χ2v) is 3.68. The largest absolute Gasteiger partial charge is 0.492 e. The van der Waals surface area contributed by atoms with Crippen LogP contribution in [0.15, 0.2) is 18.2 Å². The predicted molar refractivity (Wildman–Crippen MR) is 67.2 cm³/mol. The molecule has 0 unspecified atom stereocenters. The minimum absolute atomic E-state index is 0.340. The summed E-state index contributed by atoms with van der Waals surface area (Å²) < 4.78 is 10.4. The molecule has 0 bridgehead atoms. The van der Waals surface area contributed by atoms with Gasteiger partial charge in [0.25, 0.3) is 0 Å². The molecule has 0 saturated carbocycles. The molecule has 0 atom stereocenters. The Morgan fingerprint density at radius 3 is 2.71 bits per heavy atom. The first kappa shape index (κ1) is 13.4. The number of hydrogen-bond acceptors (Lipinski definition) is 4. The average Bonchev–Trinajstić information content (AvgIpc) is 2.32. The Morgan fingerprint density at radius 1 is 1.35 bits per heavy atom. The second-order valence-electron chi connectivity index (χ2n) is 3.68. The van der Waals surface area contributed by atoms with E-state index in [0.717, 1.165) is 12.8 Å². The number of carbonyl (C=O) groups excluding carboxylic acids is 1. The number of nitrogens with two attached hydrogens (primary N) is 1. The van der Waals surface area contributed by atoms with E-state index in [0.29, 0.717) is 30.2 Å². The summed E-state index contributed by atoms with van der Waals surface area (Å²) in [5.41, 5.74) is 6.68. The summed E-state index contributed by atoms with van der Waals surface area (Å²) >= 11 is 0. The van der Waals surface area contributed by atoms with E-state index in [9.17, 15) is 4.79 Å². The number of carbonyl (C=O) groups is 1. The van der Waals surface area contributed by atoms with Crippen molar-refractivity contribution in [3.63, 3.8) is 0 Å². The average molecular weight is 237 g/mol. The van der Waals surface area contributed by atoms with E-state index in [4.69, 9.17) is 15.2 Å². The highest BCUT2D eigenvalue weighted by Gasteiger charge is 2.09. The van der Waals surface area contributed by atoms with Crippen molar-refractivity contribution < 1.29 is 14.3 Å². The van der Waals surface area contributed by atoms with Gasteiger partial charge in [-0.2, -0.15) is 0 Å². The van der Waals surface area contributed by atoms with E-state index in [-0.39, 0.29) is 5.97 Å². The third-order valence-corrected chi connectivity index (χ3v) is 2.28. The third-order valence-electron chi connectivity index (χ3n) is 2.28. The molecule has 2 N–H and O–H groups in total. The zero-order valence-corrected chi connectivity index (χ0v) is 10.4. The normalized spacial score (nSPS) is 10.0. The van der Waals surface area contributed by atoms with Crippen LogP contribution >= 0.6 is 0 Å². The fraction of sp³-hybridized carbons (Fsp3) is 0.462. The van der Waals surface area contributed by atoms with E-state index in [2.05, 4.69) is 0 Å². The van der Waals surface area contributed by atoms with Crippen molar-refractivity contribution in [3.8, 4) is 5.75 Å². The number of hydrogen-bond donors (Lipinski definition) is 1. The Morgan fingerprint density at radius 2 is 2.12 bits per heavy atom. The highest BCUT2D eigenvalue weighted by Crippen LogP contribution is 2.22. The molecule has 0 saturated heterocycles. The molecule has 1 rings (SSSR count). The van der Waals surface area contributed by atoms with Crippen molar-refractivity contribution in [2.45, 2.75) is 26.7 Å². The molecule has 0 amide bonds. The molecule has 0 aromatic heterocycles. The number of nitrogen functional groups attached to an aromatic ring is 1. The molecule has 0 aliphatic rings. The van der Waals surface area contributed by atoms with Gasteiger partial charge in [-0.1, -0.05) is 13.3 Å². The number of esters is 1. The van der Waals surface area contributed by atoms with Crippen LogP contribution in [-0.2, 0) is 4.74 Å². The lowest BCUT2D eigenvalue weighted by atomic mass is 10.2. The van der Waals surface area contributed by atoms with E-state index < -0.39 is 0 Å². The van der Waals surface area contributed by atoms with Gasteiger partial charge in [0.2, 0.25) is 0 Å². The molecule has 17 heavy (non-hydrogen) atoms. The van der Waals surface area contributed by atoms with Crippen LogP contribution in [0.2, 0.25) is 0 Å². The summed E-state index contributed by atoms with van der Waals surface area (Å²) in [5.74, 6) is 0.255. The second kappa shape index (κ2) is 6.78. The van der Waals surface area contributed by atoms with Gasteiger partial charge in [0, 0.05) is 0 Å². The Hall–Kier alpha value is -1.71. The summed E-state index contributed by atoms with van der Waals surface area (Å²) in [5, 5.41) is 0. The van der Waals surface area contributed by atoms with Gasteiger partial charge in [0.05, 0.1) is 24.5 Å². The first-order valence-corrected chi connectivity index (χ1v) is 5.88. The van der Waals surface area contributed by atoms with Crippen molar-refractivity contribution >= 4 is 11.7 Å². The molecule has 0 spiro atoms. The first-order valence-electron chi connectivity index (χ1n) is 5.88. The Balaban J connectivity index is 2.65. The fourth-order valence-electron chi connectivity index (χ4n) is 1.35. The minimum Gasteiger partial charge on any atom is -0.492 e. The highest BCUT2D eigenvalue weighted by atomic mass is 16.5. The minimum atomic E-state index is -0.340. The molecule has 0 aliphatic heterocycles. The van der Waals surface area contributed by atoms with Crippen LogP contribution in [0, 0.1) is 0 Å². The number of ether oxygens (including phenoxy) is 2. The molecule has 0 aliphatic carbocycles. The molecule has 0 heterocycles. The molecule has 0 fully saturated rings. The van der Waals surface area contributed by atoms with Crippen LogP contribution in [0.5, 0.6) is 5.75 Å². The molecule has 0 radical (unpaired) electrons. The van der Waals surface area contributed by atoms with Gasteiger partial charge in [-0.15, -0.1) is 0 Å². The summed E-state index contributed by atoms with van der Waals surface area (Å²) in [4.78, 5) is 11.6. The Kier molecular flexibility index (Phi) is 5.33. The topological polar surface area (TPSA) is 61.5 Å². The zero-order chi connectivity index (χ0) is 12.7. The SMILES string of the molecule is CCCCOC(=O)c1ccc(OCC)c(N)c1. The van der Waals surface area contributed by atoms with Crippen LogP contribution in [-0.4, -0.2) is 19.2 Å². The first-order chi connectivity index (χ1) is 8.19. The van der Waals surface area contributed by atoms with E-state index in [1.165, 1.54) is 0 Å². The Bertz CT molecular complexity index is 377. The Labute approximate surface area is 102 Å². The highest BCUT2D eigenvalue weighted by molar-refractivity contribution is 5.91. The van der Waals surface area contributed by atoms with Crippen LogP contribution in [0.1, 0.15) is 37.0 Å². The van der Waals surface area contributed by atoms with Crippen molar-refractivity contribution in [1.29, 1.82) is 0 Å². The number of rotatable bonds is 6. The van der Waals surface area contributed by atoms with Gasteiger partial charge in [0.15, 0.2) is 0 Å². The van der Waals surface area contributed by atoms with Gasteiger partial charge in [-0.3, -0.25) is 0 Å². The van der Waals surface area contributed by atoms with Gasteiger partial charge in [0.1, 0.15) is 5.75 Å². The van der Waals surface area contributed by atoms with E-state index in [1.54, 1.807) is 18.2 Å². The monoisotopic (exact) mass is 237 g/mol. The van der Waals surface area contributed by atoms with Gasteiger partial charge < -0.3 is 15.2 Å². The van der Waals surface area contributed by atoms with E-state index >= 15 is 0 Å². The lowest BCUT2D eigenvalue weighted by Crippen LogP contribution is -2.07. The molecular formula is C13H19NO3. The molecular weight excluding hydrogens is 218 g/mol. The van der Waals surface area contributed by atoms with Crippen molar-refractivity contribution in [3.05, 3.63) is 23.8 Å². The third kappa shape index (κ3) is 3.98. The maximum Gasteiger partial charge on any atom is 0.338 e. The summed E-state index contributed by atoms with van der Waals surface area (Å²) in [6.07, 6.45) is 1.87. The maximum absolute atomic E-state index is 11.6. The molecule has 1 aromatic rings. The lowest BCUT2D eigenvalue weighted by molar-refractivity contribution is 0.0500. The summed E-state index contributed by atoms with van der Waals surface area (Å²) in [7, 11) is 0. The van der Waals surface area contributed by atoms with Gasteiger partial charge >= 0.3 is 5.97 Å². The molecule has 1 aromatic carbocycles. The lowest BCUT2D eigenvalue weighted by Gasteiger charge is -2.08. The number of benzene rings is 1. The quantitative estimate of drug-likeness (QED) is 0.469. The van der Waals surface area contributed by atoms with Gasteiger partial charge in [-0.25, -0.2) is 4.79 Å². The van der Waals surface area contributed by atoms with Crippen molar-refractivity contribution in [1.82, 2.24) is 0 Å². The zero-order valence-electron chi connectivity index (χ0n) is 10.4. The predicted octanol–water partition coefficient (Wildman–Crippen LogP) is 2.62. The smallest absolute Gasteiger partial charge is 0.338 e. The molecule has 94 valence electrons. The van der Waals surface area contributed by atoms with Gasteiger partial charge in [-0.05, 0) is 31.5 Å². The van der Waals surface area contributed by atoms with Crippen molar-refractivity contribution in [2.24, 2.45) is 0 Å². The van der Waals surface area contributed by atoms with Crippen LogP contribution in [0.25, 0.3) is 0 Å². The summed E-state index contributed by atoms with van der Waals surface area (Å²) in [6, 6.07) is 4.93. The maximum atomic E-state index is 11.6. The van der Waals surface area contributed by atoms with E-state index in [1.807, 2.05) is 13.8 Å².